The summed E-state index contributed by atoms with van der Waals surface area (Å²) in [4.78, 5) is 4.15. The summed E-state index contributed by atoms with van der Waals surface area (Å²) < 4.78 is 10.9. The Balaban J connectivity index is 0.00000289. The number of aliphatic imine (C=N–C) groups is 1. The molecular formula is C12H26IN3O2. The van der Waals surface area contributed by atoms with Crippen LogP contribution in [0.25, 0.3) is 0 Å². The Kier molecular flexibility index (Phi) is 11.9. The summed E-state index contributed by atoms with van der Waals surface area (Å²) in [6, 6.07) is 0. The van der Waals surface area contributed by atoms with E-state index in [2.05, 4.69) is 17.2 Å². The fourth-order valence-corrected chi connectivity index (χ4v) is 1.64. The van der Waals surface area contributed by atoms with E-state index in [1.54, 1.807) is 0 Å². The highest BCUT2D eigenvalue weighted by Crippen LogP contribution is 2.12. The average Bonchev–Trinajstić information content (AvgIpc) is 2.84. The first-order chi connectivity index (χ1) is 8.33. The van der Waals surface area contributed by atoms with Gasteiger partial charge >= 0.3 is 0 Å². The predicted octanol–water partition coefficient (Wildman–Crippen LogP) is 1.36. The van der Waals surface area contributed by atoms with Crippen molar-refractivity contribution in [1.82, 2.24) is 5.32 Å². The molecule has 0 radical (unpaired) electrons. The molecule has 1 aliphatic heterocycles. The molecule has 1 atom stereocenters. The first-order valence-electron chi connectivity index (χ1n) is 6.52. The van der Waals surface area contributed by atoms with Crippen molar-refractivity contribution in [3.05, 3.63) is 0 Å². The Morgan fingerprint density at radius 2 is 2.39 bits per heavy atom. The zero-order valence-corrected chi connectivity index (χ0v) is 13.5. The second-order valence-corrected chi connectivity index (χ2v) is 4.35. The molecule has 0 amide bonds. The van der Waals surface area contributed by atoms with Crippen LogP contribution in [-0.4, -0.2) is 45.5 Å². The predicted molar refractivity (Wildman–Crippen MR) is 84.6 cm³/mol. The third-order valence-corrected chi connectivity index (χ3v) is 2.65. The van der Waals surface area contributed by atoms with E-state index in [-0.39, 0.29) is 24.0 Å². The normalized spacial score (nSPS) is 19.6. The van der Waals surface area contributed by atoms with Gasteiger partial charge in [-0.25, -0.2) is 0 Å². The van der Waals surface area contributed by atoms with E-state index in [1.165, 1.54) is 0 Å². The van der Waals surface area contributed by atoms with Gasteiger partial charge in [-0.15, -0.1) is 24.0 Å². The molecule has 1 saturated heterocycles. The van der Waals surface area contributed by atoms with E-state index in [0.717, 1.165) is 58.8 Å². The molecule has 0 aromatic carbocycles. The SMILES string of the molecule is CCCN=C(N)NCCCOCC1CCOC1.I. The molecule has 0 aliphatic carbocycles. The summed E-state index contributed by atoms with van der Waals surface area (Å²) in [5, 5.41) is 3.07. The van der Waals surface area contributed by atoms with Crippen LogP contribution >= 0.6 is 24.0 Å². The molecule has 0 bridgehead atoms. The number of rotatable bonds is 8. The number of nitrogens with one attached hydrogen (secondary N) is 1. The van der Waals surface area contributed by atoms with E-state index in [4.69, 9.17) is 15.2 Å². The van der Waals surface area contributed by atoms with Crippen molar-refractivity contribution in [2.75, 3.05) is 39.5 Å². The van der Waals surface area contributed by atoms with Crippen LogP contribution < -0.4 is 11.1 Å². The highest BCUT2D eigenvalue weighted by Gasteiger charge is 2.14. The molecule has 1 aliphatic rings. The summed E-state index contributed by atoms with van der Waals surface area (Å²) in [6.45, 7) is 7.02. The minimum atomic E-state index is 0. The van der Waals surface area contributed by atoms with Crippen LogP contribution in [0.3, 0.4) is 0 Å². The minimum Gasteiger partial charge on any atom is -0.381 e. The van der Waals surface area contributed by atoms with Gasteiger partial charge in [0.15, 0.2) is 5.96 Å². The number of ether oxygens (including phenoxy) is 2. The Labute approximate surface area is 127 Å². The minimum absolute atomic E-state index is 0. The standard InChI is InChI=1S/C12H25N3O2.HI/c1-2-5-14-12(13)15-6-3-7-16-9-11-4-8-17-10-11;/h11H,2-10H2,1H3,(H3,13,14,15);1H. The van der Waals surface area contributed by atoms with Crippen molar-refractivity contribution in [3.63, 3.8) is 0 Å². The van der Waals surface area contributed by atoms with Gasteiger partial charge in [-0.1, -0.05) is 6.92 Å². The molecule has 1 heterocycles. The van der Waals surface area contributed by atoms with Crippen molar-refractivity contribution < 1.29 is 9.47 Å². The lowest BCUT2D eigenvalue weighted by Gasteiger charge is -2.09. The van der Waals surface area contributed by atoms with Gasteiger partial charge in [0.25, 0.3) is 0 Å². The number of hydrogen-bond acceptors (Lipinski definition) is 3. The number of guanidine groups is 1. The second kappa shape index (κ2) is 12.0. The molecule has 1 unspecified atom stereocenters. The smallest absolute Gasteiger partial charge is 0.188 e. The largest absolute Gasteiger partial charge is 0.381 e. The molecule has 6 heteroatoms. The third-order valence-electron chi connectivity index (χ3n) is 2.65. The van der Waals surface area contributed by atoms with Crippen LogP contribution in [-0.2, 0) is 9.47 Å². The monoisotopic (exact) mass is 371 g/mol. The summed E-state index contributed by atoms with van der Waals surface area (Å²) in [6.07, 6.45) is 3.11. The molecule has 0 spiro atoms. The maximum Gasteiger partial charge on any atom is 0.188 e. The van der Waals surface area contributed by atoms with Crippen molar-refractivity contribution in [1.29, 1.82) is 0 Å². The lowest BCUT2D eigenvalue weighted by Crippen LogP contribution is -2.33. The first kappa shape index (κ1) is 17.9. The van der Waals surface area contributed by atoms with Crippen molar-refractivity contribution >= 4 is 29.9 Å². The van der Waals surface area contributed by atoms with E-state index < -0.39 is 0 Å². The van der Waals surface area contributed by atoms with Gasteiger partial charge in [0, 0.05) is 32.2 Å². The summed E-state index contributed by atoms with van der Waals surface area (Å²) >= 11 is 0. The van der Waals surface area contributed by atoms with E-state index in [9.17, 15) is 0 Å². The zero-order valence-electron chi connectivity index (χ0n) is 11.2. The summed E-state index contributed by atoms with van der Waals surface area (Å²) in [5.41, 5.74) is 5.66. The molecule has 0 aromatic heterocycles. The van der Waals surface area contributed by atoms with Crippen molar-refractivity contribution in [2.24, 2.45) is 16.6 Å². The van der Waals surface area contributed by atoms with Crippen LogP contribution in [0.5, 0.6) is 0 Å². The molecule has 5 nitrogen and oxygen atoms in total. The molecule has 18 heavy (non-hydrogen) atoms. The fourth-order valence-electron chi connectivity index (χ4n) is 1.64. The number of halogens is 1. The molecule has 3 N–H and O–H groups in total. The number of hydrogen-bond donors (Lipinski definition) is 2. The Bertz CT molecular complexity index is 221. The zero-order chi connectivity index (χ0) is 12.3. The van der Waals surface area contributed by atoms with Gasteiger partial charge in [0.05, 0.1) is 13.2 Å². The van der Waals surface area contributed by atoms with Crippen LogP contribution in [0.1, 0.15) is 26.2 Å². The third kappa shape index (κ3) is 8.93. The average molecular weight is 371 g/mol. The van der Waals surface area contributed by atoms with Gasteiger partial charge in [0.2, 0.25) is 0 Å². The van der Waals surface area contributed by atoms with Gasteiger partial charge in [-0.05, 0) is 19.3 Å². The second-order valence-electron chi connectivity index (χ2n) is 4.35. The first-order valence-corrected chi connectivity index (χ1v) is 6.52. The topological polar surface area (TPSA) is 68.9 Å². The fraction of sp³-hybridized carbons (Fsp3) is 0.917. The van der Waals surface area contributed by atoms with Crippen molar-refractivity contribution in [2.45, 2.75) is 26.2 Å². The van der Waals surface area contributed by atoms with Crippen LogP contribution in [0, 0.1) is 5.92 Å². The highest BCUT2D eigenvalue weighted by molar-refractivity contribution is 14.0. The quantitative estimate of drug-likeness (QED) is 0.293. The highest BCUT2D eigenvalue weighted by atomic mass is 127. The van der Waals surface area contributed by atoms with Gasteiger partial charge in [-0.3, -0.25) is 4.99 Å². The van der Waals surface area contributed by atoms with Gasteiger partial charge in [-0.2, -0.15) is 0 Å². The van der Waals surface area contributed by atoms with E-state index in [1.807, 2.05) is 0 Å². The van der Waals surface area contributed by atoms with E-state index in [0.29, 0.717) is 11.9 Å². The van der Waals surface area contributed by atoms with Gasteiger partial charge < -0.3 is 20.5 Å². The maximum absolute atomic E-state index is 5.66. The Hall–Kier alpha value is -0.0800. The maximum atomic E-state index is 5.66. The molecule has 1 fully saturated rings. The van der Waals surface area contributed by atoms with Crippen LogP contribution in [0.4, 0.5) is 0 Å². The van der Waals surface area contributed by atoms with Crippen LogP contribution in [0.15, 0.2) is 4.99 Å². The molecule has 0 saturated carbocycles. The summed E-state index contributed by atoms with van der Waals surface area (Å²) in [5.74, 6) is 1.13. The number of nitrogens with zero attached hydrogens (tertiary/aromatic N) is 1. The number of nitrogens with two attached hydrogens (primary N) is 1. The lowest BCUT2D eigenvalue weighted by molar-refractivity contribution is 0.0888. The lowest BCUT2D eigenvalue weighted by atomic mass is 10.1. The molecule has 0 aromatic rings. The molecule has 108 valence electrons. The Morgan fingerprint density at radius 1 is 1.56 bits per heavy atom. The van der Waals surface area contributed by atoms with Crippen LogP contribution in [0.2, 0.25) is 0 Å². The Morgan fingerprint density at radius 3 is 3.06 bits per heavy atom. The molecule has 1 rings (SSSR count). The summed E-state index contributed by atoms with van der Waals surface area (Å²) in [7, 11) is 0. The van der Waals surface area contributed by atoms with E-state index >= 15 is 0 Å². The molecular weight excluding hydrogens is 345 g/mol. The van der Waals surface area contributed by atoms with Crippen molar-refractivity contribution in [3.8, 4) is 0 Å². The van der Waals surface area contributed by atoms with Gasteiger partial charge in [0.1, 0.15) is 0 Å².